The van der Waals surface area contributed by atoms with Crippen LogP contribution in [0.15, 0.2) is 28.9 Å². The van der Waals surface area contributed by atoms with Gasteiger partial charge in [0.15, 0.2) is 0 Å². The lowest BCUT2D eigenvalue weighted by Gasteiger charge is -2.02. The van der Waals surface area contributed by atoms with E-state index in [1.165, 1.54) is 6.20 Å². The molecule has 2 aromatic rings. The van der Waals surface area contributed by atoms with Crippen LogP contribution in [-0.2, 0) is 0 Å². The number of halogens is 1. The highest BCUT2D eigenvalue weighted by atomic mass is 79.9. The van der Waals surface area contributed by atoms with Gasteiger partial charge in [0.25, 0.3) is 0 Å². The molecule has 2 N–H and O–H groups in total. The van der Waals surface area contributed by atoms with Crippen molar-refractivity contribution >= 4 is 38.2 Å². The molecule has 5 nitrogen and oxygen atoms in total. The van der Waals surface area contributed by atoms with Gasteiger partial charge >= 0.3 is 5.69 Å². The van der Waals surface area contributed by atoms with E-state index in [9.17, 15) is 10.1 Å². The SMILES string of the molecule is Nc1c([N+](=O)[O-])cnc2cc(Br)ccc12. The molecule has 0 aliphatic rings. The summed E-state index contributed by atoms with van der Waals surface area (Å²) in [6.07, 6.45) is 1.17. The molecule has 0 radical (unpaired) electrons. The largest absolute Gasteiger partial charge is 0.393 e. The van der Waals surface area contributed by atoms with Crippen molar-refractivity contribution in [2.45, 2.75) is 0 Å². The molecule has 0 amide bonds. The summed E-state index contributed by atoms with van der Waals surface area (Å²) in [6, 6.07) is 5.23. The van der Waals surface area contributed by atoms with Crippen LogP contribution in [0.1, 0.15) is 0 Å². The molecule has 0 saturated carbocycles. The Morgan fingerprint density at radius 1 is 1.47 bits per heavy atom. The van der Waals surface area contributed by atoms with Gasteiger partial charge in [0.1, 0.15) is 11.9 Å². The van der Waals surface area contributed by atoms with E-state index in [-0.39, 0.29) is 11.4 Å². The molecule has 0 unspecified atom stereocenters. The minimum atomic E-state index is -0.538. The summed E-state index contributed by atoms with van der Waals surface area (Å²) in [5, 5.41) is 11.2. The summed E-state index contributed by atoms with van der Waals surface area (Å²) in [5.41, 5.74) is 6.29. The minimum Gasteiger partial charge on any atom is -0.393 e. The van der Waals surface area contributed by atoms with Crippen LogP contribution in [0, 0.1) is 10.1 Å². The Morgan fingerprint density at radius 2 is 2.20 bits per heavy atom. The summed E-state index contributed by atoms with van der Waals surface area (Å²) >= 11 is 3.29. The summed E-state index contributed by atoms with van der Waals surface area (Å²) in [7, 11) is 0. The van der Waals surface area contributed by atoms with Gasteiger partial charge < -0.3 is 5.73 Å². The molecule has 1 heterocycles. The van der Waals surface area contributed by atoms with Crippen molar-refractivity contribution in [1.29, 1.82) is 0 Å². The van der Waals surface area contributed by atoms with Crippen molar-refractivity contribution in [3.63, 3.8) is 0 Å². The van der Waals surface area contributed by atoms with Crippen LogP contribution in [0.3, 0.4) is 0 Å². The van der Waals surface area contributed by atoms with Crippen molar-refractivity contribution in [3.05, 3.63) is 39.0 Å². The molecular weight excluding hydrogens is 262 g/mol. The Hall–Kier alpha value is -1.69. The van der Waals surface area contributed by atoms with E-state index in [1.54, 1.807) is 18.2 Å². The van der Waals surface area contributed by atoms with Crippen LogP contribution in [0.4, 0.5) is 11.4 Å². The van der Waals surface area contributed by atoms with Gasteiger partial charge in [-0.25, -0.2) is 4.98 Å². The standard InChI is InChI=1S/C9H6BrN3O2/c10-5-1-2-6-7(3-5)12-4-8(9(6)11)13(14)15/h1-4H,(H2,11,12). The number of benzene rings is 1. The molecule has 0 bridgehead atoms. The first-order chi connectivity index (χ1) is 7.09. The van der Waals surface area contributed by atoms with Gasteiger partial charge in [0.2, 0.25) is 0 Å². The Bertz CT molecular complexity index is 556. The monoisotopic (exact) mass is 267 g/mol. The van der Waals surface area contributed by atoms with Crippen LogP contribution in [0.2, 0.25) is 0 Å². The number of fused-ring (bicyclic) bond motifs is 1. The number of pyridine rings is 1. The third-order valence-electron chi connectivity index (χ3n) is 2.05. The molecule has 0 atom stereocenters. The number of nitrogens with two attached hydrogens (primary N) is 1. The summed E-state index contributed by atoms with van der Waals surface area (Å²) < 4.78 is 0.857. The summed E-state index contributed by atoms with van der Waals surface area (Å²) in [4.78, 5) is 14.0. The van der Waals surface area contributed by atoms with Gasteiger partial charge in [-0.15, -0.1) is 0 Å². The third-order valence-corrected chi connectivity index (χ3v) is 2.54. The molecule has 0 spiro atoms. The van der Waals surface area contributed by atoms with E-state index < -0.39 is 4.92 Å². The number of hydrogen-bond donors (Lipinski definition) is 1. The molecule has 15 heavy (non-hydrogen) atoms. The topological polar surface area (TPSA) is 82.0 Å². The molecular formula is C9H6BrN3O2. The second-order valence-electron chi connectivity index (χ2n) is 2.98. The first-order valence-electron chi connectivity index (χ1n) is 4.07. The average molecular weight is 268 g/mol. The first-order valence-corrected chi connectivity index (χ1v) is 4.87. The molecule has 1 aromatic carbocycles. The van der Waals surface area contributed by atoms with Crippen molar-refractivity contribution in [2.24, 2.45) is 0 Å². The lowest BCUT2D eigenvalue weighted by Crippen LogP contribution is -1.97. The highest BCUT2D eigenvalue weighted by Crippen LogP contribution is 2.29. The van der Waals surface area contributed by atoms with Crippen molar-refractivity contribution in [3.8, 4) is 0 Å². The lowest BCUT2D eigenvalue weighted by molar-refractivity contribution is -0.384. The van der Waals surface area contributed by atoms with E-state index >= 15 is 0 Å². The zero-order chi connectivity index (χ0) is 11.0. The molecule has 0 saturated heterocycles. The Labute approximate surface area is 93.2 Å². The quantitative estimate of drug-likeness (QED) is 0.636. The summed E-state index contributed by atoms with van der Waals surface area (Å²) in [6.45, 7) is 0. The maximum Gasteiger partial charge on any atom is 0.310 e. The highest BCUT2D eigenvalue weighted by Gasteiger charge is 2.14. The average Bonchev–Trinajstić information content (AvgIpc) is 2.17. The second-order valence-corrected chi connectivity index (χ2v) is 3.89. The zero-order valence-electron chi connectivity index (χ0n) is 7.48. The maximum atomic E-state index is 10.6. The van der Waals surface area contributed by atoms with Gasteiger partial charge in [-0.2, -0.15) is 0 Å². The first kappa shape index (κ1) is 9.85. The van der Waals surface area contributed by atoms with Gasteiger partial charge in [-0.3, -0.25) is 10.1 Å². The fraction of sp³-hybridized carbons (Fsp3) is 0. The van der Waals surface area contributed by atoms with E-state index in [1.807, 2.05) is 0 Å². The Balaban J connectivity index is 2.80. The zero-order valence-corrected chi connectivity index (χ0v) is 9.06. The predicted octanol–water partition coefficient (Wildman–Crippen LogP) is 2.49. The number of aromatic nitrogens is 1. The third kappa shape index (κ3) is 1.63. The molecule has 76 valence electrons. The molecule has 2 rings (SSSR count). The van der Waals surface area contributed by atoms with Crippen LogP contribution in [0.25, 0.3) is 10.9 Å². The van der Waals surface area contributed by atoms with Crippen LogP contribution >= 0.6 is 15.9 Å². The predicted molar refractivity (Wildman–Crippen MR) is 60.5 cm³/mol. The number of nitrogen functional groups attached to an aromatic ring is 1. The van der Waals surface area contributed by atoms with Gasteiger partial charge in [0.05, 0.1) is 10.4 Å². The van der Waals surface area contributed by atoms with Crippen LogP contribution in [-0.4, -0.2) is 9.91 Å². The fourth-order valence-electron chi connectivity index (χ4n) is 1.32. The highest BCUT2D eigenvalue weighted by molar-refractivity contribution is 9.10. The van der Waals surface area contributed by atoms with Crippen LogP contribution < -0.4 is 5.73 Å². The molecule has 0 aliphatic carbocycles. The molecule has 0 aliphatic heterocycles. The number of nitro groups is 1. The van der Waals surface area contributed by atoms with E-state index in [4.69, 9.17) is 5.73 Å². The lowest BCUT2D eigenvalue weighted by atomic mass is 10.2. The summed E-state index contributed by atoms with van der Waals surface area (Å²) in [5.74, 6) is 0. The second kappa shape index (κ2) is 3.47. The van der Waals surface area contributed by atoms with Crippen LogP contribution in [0.5, 0.6) is 0 Å². The normalized spacial score (nSPS) is 10.5. The fourth-order valence-corrected chi connectivity index (χ4v) is 1.67. The molecule has 0 fully saturated rings. The van der Waals surface area contributed by atoms with Crippen molar-refractivity contribution < 1.29 is 4.92 Å². The van der Waals surface area contributed by atoms with Gasteiger partial charge in [-0.1, -0.05) is 15.9 Å². The number of anilines is 1. The Kier molecular flexibility index (Phi) is 2.28. The minimum absolute atomic E-state index is 0.150. The van der Waals surface area contributed by atoms with E-state index in [0.29, 0.717) is 10.9 Å². The van der Waals surface area contributed by atoms with Gasteiger partial charge in [-0.05, 0) is 18.2 Å². The van der Waals surface area contributed by atoms with E-state index in [0.717, 1.165) is 4.47 Å². The van der Waals surface area contributed by atoms with Gasteiger partial charge in [0, 0.05) is 9.86 Å². The number of nitrogens with zero attached hydrogens (tertiary/aromatic N) is 2. The van der Waals surface area contributed by atoms with Crippen molar-refractivity contribution in [1.82, 2.24) is 4.98 Å². The molecule has 1 aromatic heterocycles. The number of hydrogen-bond acceptors (Lipinski definition) is 4. The maximum absolute atomic E-state index is 10.6. The van der Waals surface area contributed by atoms with Crippen molar-refractivity contribution in [2.75, 3.05) is 5.73 Å². The molecule has 6 heteroatoms. The Morgan fingerprint density at radius 3 is 2.87 bits per heavy atom. The number of rotatable bonds is 1. The smallest absolute Gasteiger partial charge is 0.310 e. The van der Waals surface area contributed by atoms with E-state index in [2.05, 4.69) is 20.9 Å².